The van der Waals surface area contributed by atoms with Gasteiger partial charge in [-0.15, -0.1) is 0 Å². The van der Waals surface area contributed by atoms with Crippen LogP contribution in [-0.4, -0.2) is 58.1 Å². The number of carbonyl (C=O) groups is 4. The minimum atomic E-state index is -1.19. The summed E-state index contributed by atoms with van der Waals surface area (Å²) in [7, 11) is 0. The largest absolute Gasteiger partial charge is 0.508 e. The van der Waals surface area contributed by atoms with E-state index < -0.39 is 47.9 Å². The number of nitrogens with one attached hydrogen (secondary N) is 3. The number of carbonyl (C=O) groups excluding carboxylic acids is 3. The number of amides is 3. The number of benzene rings is 1. The molecule has 1 rings (SSSR count). The Hall–Kier alpha value is -3.14. The van der Waals surface area contributed by atoms with Gasteiger partial charge in [-0.05, 0) is 43.9 Å². The van der Waals surface area contributed by atoms with Gasteiger partial charge < -0.3 is 31.9 Å². The van der Waals surface area contributed by atoms with Gasteiger partial charge in [0.25, 0.3) is 0 Å². The van der Waals surface area contributed by atoms with Crippen molar-refractivity contribution in [3.8, 4) is 5.75 Å². The van der Waals surface area contributed by atoms with E-state index in [1.54, 1.807) is 19.1 Å². The first kappa shape index (κ1) is 25.9. The van der Waals surface area contributed by atoms with E-state index in [4.69, 9.17) is 10.8 Å². The molecule has 0 aliphatic heterocycles. The fraction of sp³-hybridized carbons (Fsp3) is 0.524. The predicted molar refractivity (Wildman–Crippen MR) is 114 cm³/mol. The third kappa shape index (κ3) is 8.25. The Kier molecular flexibility index (Phi) is 9.94. The molecule has 3 amide bonds. The van der Waals surface area contributed by atoms with Gasteiger partial charge in [0, 0.05) is 0 Å². The molecule has 0 heterocycles. The summed E-state index contributed by atoms with van der Waals surface area (Å²) in [5.41, 5.74) is 6.66. The van der Waals surface area contributed by atoms with Crippen LogP contribution in [0, 0.1) is 5.92 Å². The van der Waals surface area contributed by atoms with E-state index in [-0.39, 0.29) is 18.1 Å². The van der Waals surface area contributed by atoms with Crippen molar-refractivity contribution in [2.75, 3.05) is 0 Å². The van der Waals surface area contributed by atoms with Crippen molar-refractivity contribution in [1.29, 1.82) is 0 Å². The first-order valence-electron chi connectivity index (χ1n) is 10.1. The molecule has 1 aromatic rings. The maximum absolute atomic E-state index is 12.6. The van der Waals surface area contributed by atoms with Gasteiger partial charge in [-0.25, -0.2) is 0 Å². The van der Waals surface area contributed by atoms with Crippen LogP contribution < -0.4 is 21.7 Å². The molecule has 5 atom stereocenters. The topological polar surface area (TPSA) is 171 Å². The second kappa shape index (κ2) is 11.9. The van der Waals surface area contributed by atoms with Crippen LogP contribution in [-0.2, 0) is 25.6 Å². The van der Waals surface area contributed by atoms with Crippen LogP contribution >= 0.6 is 0 Å². The molecular weight excluding hydrogens is 404 g/mol. The van der Waals surface area contributed by atoms with Crippen LogP contribution in [0.15, 0.2) is 24.3 Å². The number of rotatable bonds is 11. The summed E-state index contributed by atoms with van der Waals surface area (Å²) in [5, 5.41) is 25.7. The third-order valence-electron chi connectivity index (χ3n) is 5.00. The van der Waals surface area contributed by atoms with Crippen LogP contribution in [0.3, 0.4) is 0 Å². The first-order valence-corrected chi connectivity index (χ1v) is 10.1. The minimum absolute atomic E-state index is 0.102. The summed E-state index contributed by atoms with van der Waals surface area (Å²) < 4.78 is 0. The summed E-state index contributed by atoms with van der Waals surface area (Å²) in [4.78, 5) is 48.4. The highest BCUT2D eigenvalue weighted by Crippen LogP contribution is 2.11. The average molecular weight is 437 g/mol. The zero-order valence-corrected chi connectivity index (χ0v) is 18.2. The van der Waals surface area contributed by atoms with E-state index in [1.165, 1.54) is 26.0 Å². The van der Waals surface area contributed by atoms with Gasteiger partial charge in [0.1, 0.15) is 23.9 Å². The number of hydrogen-bond acceptors (Lipinski definition) is 6. The second-order valence-corrected chi connectivity index (χ2v) is 7.65. The van der Waals surface area contributed by atoms with Gasteiger partial charge >= 0.3 is 5.97 Å². The Morgan fingerprint density at radius 3 is 1.97 bits per heavy atom. The average Bonchev–Trinajstić information content (AvgIpc) is 2.72. The number of carboxylic acids is 1. The van der Waals surface area contributed by atoms with Gasteiger partial charge in [0.15, 0.2) is 0 Å². The van der Waals surface area contributed by atoms with Crippen LogP contribution in [0.4, 0.5) is 0 Å². The van der Waals surface area contributed by atoms with E-state index in [1.807, 2.05) is 6.92 Å². The lowest BCUT2D eigenvalue weighted by Crippen LogP contribution is -2.57. The number of carboxylic acid groups (broad SMARTS) is 1. The minimum Gasteiger partial charge on any atom is -0.508 e. The predicted octanol–water partition coefficient (Wildman–Crippen LogP) is -0.113. The lowest BCUT2D eigenvalue weighted by Gasteiger charge is -2.26. The van der Waals surface area contributed by atoms with E-state index in [2.05, 4.69) is 16.0 Å². The highest BCUT2D eigenvalue weighted by Gasteiger charge is 2.30. The highest BCUT2D eigenvalue weighted by atomic mass is 16.4. The highest BCUT2D eigenvalue weighted by molar-refractivity contribution is 5.94. The Balaban J connectivity index is 2.71. The molecule has 172 valence electrons. The molecule has 0 aromatic heterocycles. The normalized spacial score (nSPS) is 15.6. The van der Waals surface area contributed by atoms with E-state index in [0.717, 1.165) is 5.56 Å². The SMILES string of the molecule is CCC(C)C(NC(=O)C(C)NC(=O)C(N)Cc1ccc(O)cc1)C(=O)NC(C)C(=O)O. The molecule has 1 aromatic carbocycles. The molecule has 31 heavy (non-hydrogen) atoms. The quantitative estimate of drug-likeness (QED) is 0.281. The molecule has 7 N–H and O–H groups in total. The number of aliphatic carboxylic acids is 1. The molecule has 0 aliphatic rings. The zero-order chi connectivity index (χ0) is 23.7. The molecular formula is C21H32N4O6. The van der Waals surface area contributed by atoms with Gasteiger partial charge in [-0.2, -0.15) is 0 Å². The van der Waals surface area contributed by atoms with Crippen LogP contribution in [0.5, 0.6) is 5.75 Å². The Labute approximate surface area is 181 Å². The van der Waals surface area contributed by atoms with Crippen LogP contribution in [0.25, 0.3) is 0 Å². The Morgan fingerprint density at radius 2 is 1.45 bits per heavy atom. The summed E-state index contributed by atoms with van der Waals surface area (Å²) in [5.74, 6) is -3.09. The lowest BCUT2D eigenvalue weighted by molar-refractivity contribution is -0.142. The molecule has 10 nitrogen and oxygen atoms in total. The van der Waals surface area contributed by atoms with Crippen molar-refractivity contribution in [3.63, 3.8) is 0 Å². The van der Waals surface area contributed by atoms with Crippen molar-refractivity contribution in [3.05, 3.63) is 29.8 Å². The number of aromatic hydroxyl groups is 1. The number of phenols is 1. The Bertz CT molecular complexity index is 783. The molecule has 5 unspecified atom stereocenters. The third-order valence-corrected chi connectivity index (χ3v) is 5.00. The van der Waals surface area contributed by atoms with Crippen molar-refractivity contribution in [2.45, 2.75) is 64.7 Å². The maximum Gasteiger partial charge on any atom is 0.325 e. The van der Waals surface area contributed by atoms with Gasteiger partial charge in [0.05, 0.1) is 6.04 Å². The molecule has 0 bridgehead atoms. The number of hydrogen-bond donors (Lipinski definition) is 6. The molecule has 0 spiro atoms. The number of nitrogens with two attached hydrogens (primary N) is 1. The van der Waals surface area contributed by atoms with Crippen LogP contribution in [0.1, 0.15) is 39.7 Å². The molecule has 0 radical (unpaired) electrons. The van der Waals surface area contributed by atoms with E-state index in [0.29, 0.717) is 6.42 Å². The fourth-order valence-electron chi connectivity index (χ4n) is 2.71. The van der Waals surface area contributed by atoms with Crippen molar-refractivity contribution >= 4 is 23.7 Å². The van der Waals surface area contributed by atoms with Crippen LogP contribution in [0.2, 0.25) is 0 Å². The van der Waals surface area contributed by atoms with Crippen molar-refractivity contribution < 1.29 is 29.4 Å². The molecule has 0 aliphatic carbocycles. The van der Waals surface area contributed by atoms with E-state index >= 15 is 0 Å². The fourth-order valence-corrected chi connectivity index (χ4v) is 2.71. The molecule has 0 fully saturated rings. The zero-order valence-electron chi connectivity index (χ0n) is 18.2. The van der Waals surface area contributed by atoms with Gasteiger partial charge in [-0.3, -0.25) is 19.2 Å². The summed E-state index contributed by atoms with van der Waals surface area (Å²) in [6, 6.07) is 2.33. The Morgan fingerprint density at radius 1 is 0.903 bits per heavy atom. The second-order valence-electron chi connectivity index (χ2n) is 7.65. The van der Waals surface area contributed by atoms with Gasteiger partial charge in [0.2, 0.25) is 17.7 Å². The van der Waals surface area contributed by atoms with Crippen molar-refractivity contribution in [1.82, 2.24) is 16.0 Å². The van der Waals surface area contributed by atoms with Gasteiger partial charge in [-0.1, -0.05) is 32.4 Å². The summed E-state index contributed by atoms with van der Waals surface area (Å²) >= 11 is 0. The molecule has 0 saturated heterocycles. The smallest absolute Gasteiger partial charge is 0.325 e. The molecule has 0 saturated carbocycles. The summed E-state index contributed by atoms with van der Waals surface area (Å²) in [6.45, 7) is 6.39. The van der Waals surface area contributed by atoms with E-state index in [9.17, 15) is 24.3 Å². The van der Waals surface area contributed by atoms with Crippen molar-refractivity contribution in [2.24, 2.45) is 11.7 Å². The number of phenolic OH excluding ortho intramolecular Hbond substituents is 1. The first-order chi connectivity index (χ1) is 14.5. The maximum atomic E-state index is 12.6. The summed E-state index contributed by atoms with van der Waals surface area (Å²) in [6.07, 6.45) is 0.781. The standard InChI is InChI=1S/C21H32N4O6/c1-5-11(2)17(20(29)24-13(4)21(30)31)25-18(27)12(3)23-19(28)16(22)10-14-6-8-15(26)9-7-14/h6-9,11-13,16-17,26H,5,10,22H2,1-4H3,(H,23,28)(H,24,29)(H,25,27)(H,30,31). The monoisotopic (exact) mass is 436 g/mol. The molecule has 10 heteroatoms. The lowest BCUT2D eigenvalue weighted by atomic mass is 9.97.